The minimum atomic E-state index is 0.202. The molecule has 0 amide bonds. The van der Waals surface area contributed by atoms with Crippen molar-refractivity contribution in [3.63, 3.8) is 0 Å². The molecule has 2 rings (SSSR count). The molecule has 20 heavy (non-hydrogen) atoms. The summed E-state index contributed by atoms with van der Waals surface area (Å²) in [5, 5.41) is 2.17. The fourth-order valence-electron chi connectivity index (χ4n) is 4.16. The fourth-order valence-corrected chi connectivity index (χ4v) is 4.98. The van der Waals surface area contributed by atoms with E-state index < -0.39 is 0 Å². The number of hydrogen-bond acceptors (Lipinski definition) is 3. The predicted octanol–water partition coefficient (Wildman–Crippen LogP) is 3.76. The summed E-state index contributed by atoms with van der Waals surface area (Å²) in [6, 6.07) is 4.95. The molecule has 1 heterocycles. The molecule has 2 N–H and O–H groups in total. The molecule has 2 nitrogen and oxygen atoms in total. The van der Waals surface area contributed by atoms with Crippen LogP contribution in [0.1, 0.15) is 44.9 Å². The molecule has 1 aliphatic rings. The van der Waals surface area contributed by atoms with Crippen LogP contribution >= 0.6 is 11.3 Å². The highest BCUT2D eigenvalue weighted by atomic mass is 32.1. The Kier molecular flexibility index (Phi) is 5.27. The zero-order chi connectivity index (χ0) is 14.8. The van der Waals surface area contributed by atoms with E-state index in [4.69, 9.17) is 5.73 Å². The molecular weight excluding hydrogens is 264 g/mol. The Morgan fingerprint density at radius 2 is 2.05 bits per heavy atom. The zero-order valence-corrected chi connectivity index (χ0v) is 14.2. The standard InChI is InChI=1S/C17H30N2S/c1-13-8-14(2)11-17(10-13,12-18)19(4)15(3)9-16-6-5-7-20-16/h5-7,13-15H,8-12,18H2,1-4H3. The molecule has 0 saturated heterocycles. The van der Waals surface area contributed by atoms with E-state index in [1.807, 2.05) is 11.3 Å². The molecule has 3 atom stereocenters. The van der Waals surface area contributed by atoms with Gasteiger partial charge in [-0.25, -0.2) is 0 Å². The van der Waals surface area contributed by atoms with Crippen LogP contribution < -0.4 is 5.73 Å². The molecule has 0 aliphatic heterocycles. The molecule has 0 radical (unpaired) electrons. The Bertz CT molecular complexity index is 391. The van der Waals surface area contributed by atoms with Crippen LogP contribution in [0.3, 0.4) is 0 Å². The molecule has 114 valence electrons. The first kappa shape index (κ1) is 16.0. The molecular formula is C17H30N2S. The lowest BCUT2D eigenvalue weighted by Gasteiger charge is -2.50. The van der Waals surface area contributed by atoms with Crippen molar-refractivity contribution in [2.45, 2.75) is 58.0 Å². The molecule has 0 bridgehead atoms. The van der Waals surface area contributed by atoms with Gasteiger partial charge in [0, 0.05) is 23.0 Å². The highest BCUT2D eigenvalue weighted by Gasteiger charge is 2.41. The summed E-state index contributed by atoms with van der Waals surface area (Å²) in [4.78, 5) is 4.06. The first-order chi connectivity index (χ1) is 9.47. The van der Waals surface area contributed by atoms with Crippen molar-refractivity contribution in [2.75, 3.05) is 13.6 Å². The quantitative estimate of drug-likeness (QED) is 0.896. The SMILES string of the molecule is CC1CC(C)CC(CN)(N(C)C(C)Cc2cccs2)C1. The van der Waals surface area contributed by atoms with Gasteiger partial charge in [0.15, 0.2) is 0 Å². The van der Waals surface area contributed by atoms with Crippen LogP contribution in [0, 0.1) is 11.8 Å². The van der Waals surface area contributed by atoms with Crippen LogP contribution in [0.4, 0.5) is 0 Å². The maximum Gasteiger partial charge on any atom is 0.0336 e. The monoisotopic (exact) mass is 294 g/mol. The molecule has 1 aliphatic carbocycles. The molecule has 3 unspecified atom stereocenters. The second-order valence-corrected chi connectivity index (χ2v) is 8.06. The fraction of sp³-hybridized carbons (Fsp3) is 0.765. The summed E-state index contributed by atoms with van der Waals surface area (Å²) in [5.74, 6) is 1.58. The normalized spacial score (nSPS) is 32.5. The molecule has 1 fully saturated rings. The van der Waals surface area contributed by atoms with Gasteiger partial charge in [-0.2, -0.15) is 0 Å². The Hall–Kier alpha value is -0.380. The third-order valence-corrected chi connectivity index (χ3v) is 6.03. The third kappa shape index (κ3) is 3.44. The maximum atomic E-state index is 6.24. The maximum absolute atomic E-state index is 6.24. The molecule has 0 spiro atoms. The largest absolute Gasteiger partial charge is 0.329 e. The summed E-state index contributed by atoms with van der Waals surface area (Å²) in [6.45, 7) is 7.91. The highest BCUT2D eigenvalue weighted by molar-refractivity contribution is 7.09. The molecule has 1 saturated carbocycles. The van der Waals surface area contributed by atoms with E-state index in [0.29, 0.717) is 6.04 Å². The van der Waals surface area contributed by atoms with Gasteiger partial charge in [0.1, 0.15) is 0 Å². The van der Waals surface area contributed by atoms with E-state index in [2.05, 4.69) is 50.2 Å². The Morgan fingerprint density at radius 1 is 1.40 bits per heavy atom. The van der Waals surface area contributed by atoms with Crippen LogP contribution in [0.15, 0.2) is 17.5 Å². The Labute approximate surface area is 128 Å². The van der Waals surface area contributed by atoms with Gasteiger partial charge < -0.3 is 5.73 Å². The van der Waals surface area contributed by atoms with E-state index >= 15 is 0 Å². The van der Waals surface area contributed by atoms with Crippen LogP contribution in [0.5, 0.6) is 0 Å². The number of likely N-dealkylation sites (N-methyl/N-ethyl adjacent to an activating group) is 1. The Morgan fingerprint density at radius 3 is 2.55 bits per heavy atom. The van der Waals surface area contributed by atoms with Gasteiger partial charge >= 0.3 is 0 Å². The smallest absolute Gasteiger partial charge is 0.0336 e. The van der Waals surface area contributed by atoms with Gasteiger partial charge in [0.25, 0.3) is 0 Å². The van der Waals surface area contributed by atoms with E-state index in [9.17, 15) is 0 Å². The van der Waals surface area contributed by atoms with Gasteiger partial charge in [-0.1, -0.05) is 19.9 Å². The van der Waals surface area contributed by atoms with Crippen molar-refractivity contribution < 1.29 is 0 Å². The average molecular weight is 295 g/mol. The van der Waals surface area contributed by atoms with E-state index in [1.165, 1.54) is 24.1 Å². The van der Waals surface area contributed by atoms with Crippen molar-refractivity contribution in [3.05, 3.63) is 22.4 Å². The zero-order valence-electron chi connectivity index (χ0n) is 13.4. The summed E-state index contributed by atoms with van der Waals surface area (Å²) >= 11 is 1.87. The molecule has 0 aromatic carbocycles. The molecule has 1 aromatic rings. The summed E-state index contributed by atoms with van der Waals surface area (Å²) in [7, 11) is 2.29. The van der Waals surface area contributed by atoms with Gasteiger partial charge in [0.2, 0.25) is 0 Å². The third-order valence-electron chi connectivity index (χ3n) is 5.13. The summed E-state index contributed by atoms with van der Waals surface area (Å²) in [6.07, 6.45) is 4.99. The van der Waals surface area contributed by atoms with Crippen LogP contribution in [-0.4, -0.2) is 30.1 Å². The van der Waals surface area contributed by atoms with E-state index in [1.54, 1.807) is 0 Å². The Balaban J connectivity index is 2.09. The second-order valence-electron chi connectivity index (χ2n) is 7.03. The number of rotatable bonds is 5. The number of hydrogen-bond donors (Lipinski definition) is 1. The van der Waals surface area contributed by atoms with Gasteiger partial charge in [-0.15, -0.1) is 11.3 Å². The van der Waals surface area contributed by atoms with Crippen molar-refractivity contribution in [3.8, 4) is 0 Å². The lowest BCUT2D eigenvalue weighted by molar-refractivity contribution is 0.0140. The number of nitrogens with two attached hydrogens (primary N) is 1. The van der Waals surface area contributed by atoms with Crippen LogP contribution in [0.25, 0.3) is 0 Å². The minimum Gasteiger partial charge on any atom is -0.329 e. The second kappa shape index (κ2) is 6.59. The van der Waals surface area contributed by atoms with Gasteiger partial charge in [-0.05, 0) is 62.9 Å². The van der Waals surface area contributed by atoms with Crippen LogP contribution in [-0.2, 0) is 6.42 Å². The highest BCUT2D eigenvalue weighted by Crippen LogP contribution is 2.39. The van der Waals surface area contributed by atoms with Crippen LogP contribution in [0.2, 0.25) is 0 Å². The topological polar surface area (TPSA) is 29.3 Å². The summed E-state index contributed by atoms with van der Waals surface area (Å²) in [5.41, 5.74) is 6.44. The lowest BCUT2D eigenvalue weighted by atomic mass is 9.70. The average Bonchev–Trinajstić information content (AvgIpc) is 2.89. The molecule has 3 heteroatoms. The first-order valence-corrected chi connectivity index (χ1v) is 8.80. The van der Waals surface area contributed by atoms with E-state index in [-0.39, 0.29) is 5.54 Å². The lowest BCUT2D eigenvalue weighted by Crippen LogP contribution is -2.58. The van der Waals surface area contributed by atoms with Crippen molar-refractivity contribution in [1.82, 2.24) is 4.90 Å². The molecule has 1 aromatic heterocycles. The number of thiophene rings is 1. The summed E-state index contributed by atoms with van der Waals surface area (Å²) < 4.78 is 0. The number of nitrogens with zero attached hydrogens (tertiary/aromatic N) is 1. The minimum absolute atomic E-state index is 0.202. The van der Waals surface area contributed by atoms with Crippen molar-refractivity contribution >= 4 is 11.3 Å². The van der Waals surface area contributed by atoms with E-state index in [0.717, 1.165) is 24.8 Å². The van der Waals surface area contributed by atoms with Gasteiger partial charge in [0.05, 0.1) is 0 Å². The first-order valence-electron chi connectivity index (χ1n) is 7.92. The predicted molar refractivity (Wildman–Crippen MR) is 89.2 cm³/mol. The van der Waals surface area contributed by atoms with Gasteiger partial charge in [-0.3, -0.25) is 4.90 Å². The van der Waals surface area contributed by atoms with Crippen molar-refractivity contribution in [1.29, 1.82) is 0 Å². The van der Waals surface area contributed by atoms with Crippen molar-refractivity contribution in [2.24, 2.45) is 17.6 Å².